The molecule has 2 rings (SSSR count). The highest BCUT2D eigenvalue weighted by Gasteiger charge is 2.23. The Hall–Kier alpha value is -0.900. The van der Waals surface area contributed by atoms with Crippen LogP contribution in [-0.4, -0.2) is 108 Å². The second-order valence-electron chi connectivity index (χ2n) is 7.81. The van der Waals surface area contributed by atoms with E-state index in [4.69, 9.17) is 4.74 Å². The smallest absolute Gasteiger partial charge is 0.191 e. The Morgan fingerprint density at radius 3 is 2.37 bits per heavy atom. The molecule has 9 heteroatoms. The van der Waals surface area contributed by atoms with Crippen molar-refractivity contribution in [2.45, 2.75) is 26.3 Å². The third-order valence-electron chi connectivity index (χ3n) is 5.19. The van der Waals surface area contributed by atoms with E-state index in [-0.39, 0.29) is 11.5 Å². The predicted octanol–water partition coefficient (Wildman–Crippen LogP) is -0.371. The zero-order valence-electron chi connectivity index (χ0n) is 17.1. The van der Waals surface area contributed by atoms with Crippen LogP contribution in [0.15, 0.2) is 4.99 Å². The first kappa shape index (κ1) is 22.4. The van der Waals surface area contributed by atoms with Crippen LogP contribution in [0.3, 0.4) is 0 Å². The van der Waals surface area contributed by atoms with Gasteiger partial charge in [0.25, 0.3) is 0 Å². The Kier molecular flexibility index (Phi) is 9.28. The highest BCUT2D eigenvalue weighted by atomic mass is 32.2. The van der Waals surface area contributed by atoms with Crippen molar-refractivity contribution in [2.24, 2.45) is 10.9 Å². The summed E-state index contributed by atoms with van der Waals surface area (Å²) in [5.74, 6) is 2.00. The van der Waals surface area contributed by atoms with E-state index in [2.05, 4.69) is 39.3 Å². The summed E-state index contributed by atoms with van der Waals surface area (Å²) in [6.45, 7) is 11.8. The van der Waals surface area contributed by atoms with Crippen LogP contribution < -0.4 is 10.6 Å². The molecule has 2 aliphatic rings. The maximum atomic E-state index is 11.5. The second kappa shape index (κ2) is 11.2. The lowest BCUT2D eigenvalue weighted by Crippen LogP contribution is -2.51. The molecule has 0 spiro atoms. The normalized spacial score (nSPS) is 23.3. The molecule has 2 fully saturated rings. The van der Waals surface area contributed by atoms with Crippen LogP contribution in [-0.2, 0) is 14.6 Å². The molecule has 0 aromatic heterocycles. The number of aliphatic imine (C=N–C) groups is 1. The van der Waals surface area contributed by atoms with E-state index < -0.39 is 9.84 Å². The molecule has 2 saturated heterocycles. The first-order chi connectivity index (χ1) is 12.9. The van der Waals surface area contributed by atoms with Crippen molar-refractivity contribution in [3.05, 3.63) is 0 Å². The van der Waals surface area contributed by atoms with Crippen molar-refractivity contribution in [1.82, 2.24) is 20.4 Å². The molecule has 0 bridgehead atoms. The van der Waals surface area contributed by atoms with E-state index in [0.717, 1.165) is 58.3 Å². The van der Waals surface area contributed by atoms with Gasteiger partial charge in [0.05, 0.1) is 24.7 Å². The topological polar surface area (TPSA) is 86.3 Å². The van der Waals surface area contributed by atoms with Crippen LogP contribution in [0.1, 0.15) is 20.3 Å². The molecule has 0 radical (unpaired) electrons. The quantitative estimate of drug-likeness (QED) is 0.422. The molecule has 2 aliphatic heterocycles. The van der Waals surface area contributed by atoms with Crippen molar-refractivity contribution in [3.63, 3.8) is 0 Å². The lowest BCUT2D eigenvalue weighted by atomic mass is 10.0. The second-order valence-corrected chi connectivity index (χ2v) is 10.1. The molecule has 27 heavy (non-hydrogen) atoms. The molecule has 0 aliphatic carbocycles. The van der Waals surface area contributed by atoms with Gasteiger partial charge >= 0.3 is 0 Å². The number of hydrogen-bond acceptors (Lipinski definition) is 6. The molecular weight excluding hydrogens is 366 g/mol. The van der Waals surface area contributed by atoms with Gasteiger partial charge in [0.15, 0.2) is 15.8 Å². The molecular formula is C18H37N5O3S. The van der Waals surface area contributed by atoms with Gasteiger partial charge in [-0.05, 0) is 12.3 Å². The van der Waals surface area contributed by atoms with Crippen molar-refractivity contribution in [3.8, 4) is 0 Å². The fourth-order valence-electron chi connectivity index (χ4n) is 3.59. The van der Waals surface area contributed by atoms with Crippen LogP contribution >= 0.6 is 0 Å². The van der Waals surface area contributed by atoms with Crippen molar-refractivity contribution >= 4 is 15.8 Å². The average molecular weight is 404 g/mol. The SMILES string of the molecule is CN=C(NCCN1CCS(=O)(=O)CC1)NCC(CC(C)C)N1CCOCC1. The molecule has 0 aromatic carbocycles. The first-order valence-corrected chi connectivity index (χ1v) is 11.9. The minimum atomic E-state index is -2.81. The zero-order valence-corrected chi connectivity index (χ0v) is 17.9. The van der Waals surface area contributed by atoms with Crippen LogP contribution in [0.5, 0.6) is 0 Å². The lowest BCUT2D eigenvalue weighted by Gasteiger charge is -2.35. The summed E-state index contributed by atoms with van der Waals surface area (Å²) in [5, 5.41) is 6.82. The van der Waals surface area contributed by atoms with Gasteiger partial charge in [-0.1, -0.05) is 13.8 Å². The Labute approximate surface area is 164 Å². The average Bonchev–Trinajstić information content (AvgIpc) is 2.65. The van der Waals surface area contributed by atoms with E-state index in [9.17, 15) is 8.42 Å². The molecule has 2 heterocycles. The Balaban J connectivity index is 1.72. The van der Waals surface area contributed by atoms with E-state index in [1.165, 1.54) is 0 Å². The molecule has 8 nitrogen and oxygen atoms in total. The molecule has 158 valence electrons. The third-order valence-corrected chi connectivity index (χ3v) is 6.80. The number of sulfone groups is 1. The molecule has 0 saturated carbocycles. The van der Waals surface area contributed by atoms with Crippen LogP contribution in [0, 0.1) is 5.92 Å². The lowest BCUT2D eigenvalue weighted by molar-refractivity contribution is 0.0132. The van der Waals surface area contributed by atoms with E-state index in [1.54, 1.807) is 7.05 Å². The fourth-order valence-corrected chi connectivity index (χ4v) is 4.87. The minimum Gasteiger partial charge on any atom is -0.379 e. The number of nitrogens with one attached hydrogen (secondary N) is 2. The monoisotopic (exact) mass is 403 g/mol. The van der Waals surface area contributed by atoms with Gasteiger partial charge in [-0.25, -0.2) is 8.42 Å². The van der Waals surface area contributed by atoms with Crippen molar-refractivity contribution < 1.29 is 13.2 Å². The number of ether oxygens (including phenoxy) is 1. The zero-order chi connectivity index (χ0) is 19.7. The predicted molar refractivity (Wildman–Crippen MR) is 110 cm³/mol. The molecule has 2 N–H and O–H groups in total. The molecule has 0 aromatic rings. The van der Waals surface area contributed by atoms with E-state index in [1.807, 2.05) is 0 Å². The number of morpholine rings is 1. The maximum absolute atomic E-state index is 11.5. The number of rotatable bonds is 8. The molecule has 0 amide bonds. The first-order valence-electron chi connectivity index (χ1n) is 10.1. The summed E-state index contributed by atoms with van der Waals surface area (Å²) < 4.78 is 28.5. The van der Waals surface area contributed by atoms with E-state index >= 15 is 0 Å². The van der Waals surface area contributed by atoms with Crippen molar-refractivity contribution in [1.29, 1.82) is 0 Å². The van der Waals surface area contributed by atoms with Crippen LogP contribution in [0.4, 0.5) is 0 Å². The highest BCUT2D eigenvalue weighted by Crippen LogP contribution is 2.13. The standard InChI is InChI=1S/C18H37N5O3S/c1-16(2)14-17(23-6-10-26-11-7-23)15-21-18(19-3)20-4-5-22-8-12-27(24,25)13-9-22/h16-17H,4-15H2,1-3H3,(H2,19,20,21). The van der Waals surface area contributed by atoms with Gasteiger partial charge in [-0.3, -0.25) is 14.8 Å². The van der Waals surface area contributed by atoms with Crippen LogP contribution in [0.25, 0.3) is 0 Å². The van der Waals surface area contributed by atoms with Gasteiger partial charge in [0, 0.05) is 58.9 Å². The van der Waals surface area contributed by atoms with Gasteiger partial charge in [0.1, 0.15) is 0 Å². The summed E-state index contributed by atoms with van der Waals surface area (Å²) in [5.41, 5.74) is 0. The number of nitrogens with zero attached hydrogens (tertiary/aromatic N) is 3. The summed E-state index contributed by atoms with van der Waals surface area (Å²) >= 11 is 0. The van der Waals surface area contributed by atoms with Gasteiger partial charge in [-0.15, -0.1) is 0 Å². The largest absolute Gasteiger partial charge is 0.379 e. The third kappa shape index (κ3) is 8.33. The summed E-state index contributed by atoms with van der Waals surface area (Å²) in [7, 11) is -1.03. The summed E-state index contributed by atoms with van der Waals surface area (Å²) in [4.78, 5) is 9.03. The van der Waals surface area contributed by atoms with E-state index in [0.29, 0.717) is 25.0 Å². The number of hydrogen-bond donors (Lipinski definition) is 2. The Morgan fingerprint density at radius 1 is 1.11 bits per heavy atom. The summed E-state index contributed by atoms with van der Waals surface area (Å²) in [6.07, 6.45) is 1.15. The minimum absolute atomic E-state index is 0.274. The van der Waals surface area contributed by atoms with Gasteiger partial charge in [-0.2, -0.15) is 0 Å². The van der Waals surface area contributed by atoms with Crippen LogP contribution in [0.2, 0.25) is 0 Å². The summed E-state index contributed by atoms with van der Waals surface area (Å²) in [6, 6.07) is 0.472. The Bertz CT molecular complexity index is 547. The molecule has 1 atom stereocenters. The maximum Gasteiger partial charge on any atom is 0.191 e. The number of guanidine groups is 1. The fraction of sp³-hybridized carbons (Fsp3) is 0.944. The Morgan fingerprint density at radius 2 is 1.78 bits per heavy atom. The van der Waals surface area contributed by atoms with Gasteiger partial charge in [0.2, 0.25) is 0 Å². The highest BCUT2D eigenvalue weighted by molar-refractivity contribution is 7.91. The molecule has 1 unspecified atom stereocenters. The van der Waals surface area contributed by atoms with Gasteiger partial charge < -0.3 is 15.4 Å². The van der Waals surface area contributed by atoms with Crippen molar-refractivity contribution in [2.75, 3.05) is 77.6 Å².